The number of nitrogens with two attached hydrogens (primary N) is 1. The van der Waals surface area contributed by atoms with Crippen LogP contribution in [0.4, 0.5) is 4.79 Å². The van der Waals surface area contributed by atoms with Gasteiger partial charge in [0.15, 0.2) is 13.6 Å². The number of carbonyl (C=O) groups is 2. The standard InChI is InChI=1S/C17H24N3O3Si/c1-17(12-18,13-23-11-14-7-5-4-6-8-14)20-15(21)9-10-24(2,3)16(19)22/h4-9H,10-11,13H2,1-3H3,(H2,19,22)(H,20,21). The van der Waals surface area contributed by atoms with Gasteiger partial charge in [0.2, 0.25) is 5.91 Å². The van der Waals surface area contributed by atoms with Crippen LogP contribution in [0.15, 0.2) is 30.3 Å². The van der Waals surface area contributed by atoms with Crippen LogP contribution in [-0.4, -0.2) is 31.7 Å². The lowest BCUT2D eigenvalue weighted by Crippen LogP contribution is -2.49. The first-order valence-electron chi connectivity index (χ1n) is 7.67. The predicted molar refractivity (Wildman–Crippen MR) is 94.4 cm³/mol. The Labute approximate surface area is 144 Å². The van der Waals surface area contributed by atoms with Crippen molar-refractivity contribution in [1.29, 1.82) is 5.26 Å². The van der Waals surface area contributed by atoms with E-state index >= 15 is 0 Å². The summed E-state index contributed by atoms with van der Waals surface area (Å²) in [7, 11) is -2.29. The van der Waals surface area contributed by atoms with Gasteiger partial charge in [0.05, 0.1) is 19.3 Å². The molecule has 0 aliphatic heterocycles. The molecule has 0 bridgehead atoms. The van der Waals surface area contributed by atoms with Gasteiger partial charge >= 0.3 is 0 Å². The van der Waals surface area contributed by atoms with Gasteiger partial charge in [0.25, 0.3) is 0 Å². The minimum Gasteiger partial charge on any atom is -0.374 e. The lowest BCUT2D eigenvalue weighted by atomic mass is 10.1. The van der Waals surface area contributed by atoms with E-state index in [4.69, 9.17) is 10.5 Å². The topological polar surface area (TPSA) is 105 Å². The number of amides is 2. The summed E-state index contributed by atoms with van der Waals surface area (Å²) in [6, 6.07) is 12.0. The molecule has 24 heavy (non-hydrogen) atoms. The van der Waals surface area contributed by atoms with Crippen molar-refractivity contribution in [2.75, 3.05) is 6.61 Å². The molecule has 7 heteroatoms. The molecule has 1 radical (unpaired) electrons. The molecule has 129 valence electrons. The molecular formula is C17H24N3O3Si. The highest BCUT2D eigenvalue weighted by molar-refractivity contribution is 7.04. The highest BCUT2D eigenvalue weighted by Crippen LogP contribution is 2.13. The van der Waals surface area contributed by atoms with E-state index in [1.54, 1.807) is 20.0 Å². The molecule has 3 N–H and O–H groups in total. The summed E-state index contributed by atoms with van der Waals surface area (Å²) in [4.78, 5) is 23.3. The van der Waals surface area contributed by atoms with Crippen LogP contribution in [0.1, 0.15) is 12.5 Å². The Morgan fingerprint density at radius 3 is 2.54 bits per heavy atom. The van der Waals surface area contributed by atoms with Gasteiger partial charge in [0, 0.05) is 6.42 Å². The number of rotatable bonds is 9. The maximum absolute atomic E-state index is 12.0. The molecule has 2 amide bonds. The van der Waals surface area contributed by atoms with Gasteiger partial charge in [-0.2, -0.15) is 5.26 Å². The van der Waals surface area contributed by atoms with Gasteiger partial charge in [-0.1, -0.05) is 43.4 Å². The Balaban J connectivity index is 2.48. The molecule has 0 saturated heterocycles. The number of carbonyl (C=O) groups excluding carboxylic acids is 2. The first kappa shape index (κ1) is 19.9. The Bertz CT molecular complexity index is 613. The number of benzene rings is 1. The van der Waals surface area contributed by atoms with Gasteiger partial charge in [0.1, 0.15) is 5.54 Å². The monoisotopic (exact) mass is 346 g/mol. The molecule has 0 aromatic heterocycles. The van der Waals surface area contributed by atoms with E-state index in [1.807, 2.05) is 30.3 Å². The molecule has 0 aliphatic carbocycles. The first-order valence-corrected chi connectivity index (χ1v) is 10.9. The number of primary amides is 1. The van der Waals surface area contributed by atoms with E-state index in [-0.39, 0.29) is 12.1 Å². The SMILES string of the molecule is CC(C#N)(COCc1ccccc1)NC(=O)[CH]C[Si](C)(C)C(N)=O. The number of nitrogens with zero attached hydrogens (tertiary/aromatic N) is 1. The average Bonchev–Trinajstić information content (AvgIpc) is 2.54. The maximum atomic E-state index is 12.0. The van der Waals surface area contributed by atoms with Crippen LogP contribution < -0.4 is 11.1 Å². The summed E-state index contributed by atoms with van der Waals surface area (Å²) < 4.78 is 5.54. The van der Waals surface area contributed by atoms with Gasteiger partial charge in [-0.05, 0) is 18.5 Å². The highest BCUT2D eigenvalue weighted by atomic mass is 28.3. The van der Waals surface area contributed by atoms with Crippen molar-refractivity contribution in [2.45, 2.75) is 38.2 Å². The van der Waals surface area contributed by atoms with E-state index in [1.165, 1.54) is 6.42 Å². The molecule has 0 aliphatic rings. The number of ether oxygens (including phenoxy) is 1. The molecule has 0 spiro atoms. The largest absolute Gasteiger partial charge is 0.374 e. The minimum atomic E-state index is -2.29. The van der Waals surface area contributed by atoms with Gasteiger partial charge in [-0.25, -0.2) is 0 Å². The molecule has 0 heterocycles. The van der Waals surface area contributed by atoms with Crippen molar-refractivity contribution < 1.29 is 14.3 Å². The Kier molecular flexibility index (Phi) is 7.13. The number of nitrogens with one attached hydrogen (secondary N) is 1. The van der Waals surface area contributed by atoms with Crippen LogP contribution in [0.2, 0.25) is 19.1 Å². The third-order valence-corrected chi connectivity index (χ3v) is 6.17. The maximum Gasteiger partial charge on any atom is 0.224 e. The Morgan fingerprint density at radius 1 is 1.38 bits per heavy atom. The van der Waals surface area contributed by atoms with Crippen molar-refractivity contribution >= 4 is 19.5 Å². The van der Waals surface area contributed by atoms with Crippen molar-refractivity contribution in [3.05, 3.63) is 42.3 Å². The van der Waals surface area contributed by atoms with Crippen LogP contribution in [-0.2, 0) is 16.1 Å². The van der Waals surface area contributed by atoms with Crippen LogP contribution in [0, 0.1) is 17.8 Å². The molecule has 1 unspecified atom stereocenters. The summed E-state index contributed by atoms with van der Waals surface area (Å²) in [6.07, 6.45) is 1.39. The molecule has 1 atom stereocenters. The smallest absolute Gasteiger partial charge is 0.224 e. The molecule has 6 nitrogen and oxygen atoms in total. The summed E-state index contributed by atoms with van der Waals surface area (Å²) in [5.41, 5.74) is 4.84. The predicted octanol–water partition coefficient (Wildman–Crippen LogP) is 2.17. The van der Waals surface area contributed by atoms with Crippen molar-refractivity contribution in [1.82, 2.24) is 5.32 Å². The fraction of sp³-hybridized carbons (Fsp3) is 0.412. The zero-order valence-electron chi connectivity index (χ0n) is 14.3. The third kappa shape index (κ3) is 6.52. The minimum absolute atomic E-state index is 0.0641. The quantitative estimate of drug-likeness (QED) is 0.668. The number of nitriles is 1. The number of hydrogen-bond acceptors (Lipinski definition) is 4. The molecular weight excluding hydrogens is 322 g/mol. The van der Waals surface area contributed by atoms with Crippen molar-refractivity contribution in [3.63, 3.8) is 0 Å². The van der Waals surface area contributed by atoms with E-state index in [2.05, 4.69) is 11.4 Å². The first-order chi connectivity index (χ1) is 11.2. The zero-order chi connectivity index (χ0) is 18.2. The van der Waals surface area contributed by atoms with E-state index in [0.717, 1.165) is 5.56 Å². The fourth-order valence-corrected chi connectivity index (χ4v) is 2.71. The lowest BCUT2D eigenvalue weighted by molar-refractivity contribution is -0.119. The van der Waals surface area contributed by atoms with Gasteiger partial charge in [-0.3, -0.25) is 9.59 Å². The van der Waals surface area contributed by atoms with E-state index < -0.39 is 19.5 Å². The molecule has 1 aromatic rings. The lowest BCUT2D eigenvalue weighted by Gasteiger charge is -2.24. The summed E-state index contributed by atoms with van der Waals surface area (Å²) in [5, 5.41) is 12.0. The van der Waals surface area contributed by atoms with Crippen molar-refractivity contribution in [2.24, 2.45) is 5.73 Å². The zero-order valence-corrected chi connectivity index (χ0v) is 15.3. The van der Waals surface area contributed by atoms with Crippen LogP contribution >= 0.6 is 0 Å². The van der Waals surface area contributed by atoms with Crippen LogP contribution in [0.3, 0.4) is 0 Å². The van der Waals surface area contributed by atoms with Gasteiger partial charge in [-0.15, -0.1) is 0 Å². The second-order valence-electron chi connectivity index (χ2n) is 6.57. The third-order valence-electron chi connectivity index (χ3n) is 3.61. The van der Waals surface area contributed by atoms with Crippen LogP contribution in [0.25, 0.3) is 0 Å². The summed E-state index contributed by atoms with van der Waals surface area (Å²) in [6.45, 7) is 5.62. The second-order valence-corrected chi connectivity index (χ2v) is 11.2. The molecule has 1 aromatic carbocycles. The fourth-order valence-electron chi connectivity index (χ4n) is 1.81. The molecule has 1 rings (SSSR count). The Morgan fingerprint density at radius 2 is 2.00 bits per heavy atom. The van der Waals surface area contributed by atoms with E-state index in [9.17, 15) is 14.9 Å². The highest BCUT2D eigenvalue weighted by Gasteiger charge is 2.31. The molecule has 0 fully saturated rings. The number of hydrogen-bond donors (Lipinski definition) is 2. The van der Waals surface area contributed by atoms with Crippen molar-refractivity contribution in [3.8, 4) is 6.07 Å². The van der Waals surface area contributed by atoms with Crippen LogP contribution in [0.5, 0.6) is 0 Å². The Hall–Kier alpha value is -2.17. The average molecular weight is 346 g/mol. The summed E-state index contributed by atoms with van der Waals surface area (Å²) in [5.74, 6) is -0.399. The van der Waals surface area contributed by atoms with E-state index in [0.29, 0.717) is 12.7 Å². The normalized spacial score (nSPS) is 13.6. The second kappa shape index (κ2) is 8.62. The summed E-state index contributed by atoms with van der Waals surface area (Å²) >= 11 is 0. The molecule has 0 saturated carbocycles. The van der Waals surface area contributed by atoms with Gasteiger partial charge < -0.3 is 15.8 Å².